The summed E-state index contributed by atoms with van der Waals surface area (Å²) in [5.74, 6) is 2.66. The van der Waals surface area contributed by atoms with Gasteiger partial charge in [0, 0.05) is 19.5 Å². The zero-order chi connectivity index (χ0) is 17.9. The van der Waals surface area contributed by atoms with Crippen LogP contribution in [0.3, 0.4) is 0 Å². The first-order valence-corrected chi connectivity index (χ1v) is 8.81. The van der Waals surface area contributed by atoms with Crippen molar-refractivity contribution in [2.45, 2.75) is 33.7 Å². The number of aromatic nitrogens is 3. The molecule has 136 valence electrons. The normalized spacial score (nSPS) is 11.4. The highest BCUT2D eigenvalue weighted by atomic mass is 16.5. The number of benzene rings is 1. The summed E-state index contributed by atoms with van der Waals surface area (Å²) in [7, 11) is 0. The number of nitrogens with one attached hydrogen (secondary N) is 2. The first kappa shape index (κ1) is 18.8. The average molecular weight is 344 g/mol. The molecular formula is C18H28N6O. The molecule has 0 atom stereocenters. The van der Waals surface area contributed by atoms with Crippen LogP contribution >= 0.6 is 0 Å². The minimum Gasteiger partial charge on any atom is -0.492 e. The number of guanidine groups is 1. The van der Waals surface area contributed by atoms with E-state index in [-0.39, 0.29) is 0 Å². The number of rotatable bonds is 9. The van der Waals surface area contributed by atoms with Gasteiger partial charge >= 0.3 is 0 Å². The van der Waals surface area contributed by atoms with Gasteiger partial charge in [0.2, 0.25) is 0 Å². The molecule has 0 amide bonds. The summed E-state index contributed by atoms with van der Waals surface area (Å²) in [4.78, 5) is 4.58. The smallest absolute Gasteiger partial charge is 0.191 e. The lowest BCUT2D eigenvalue weighted by atomic mass is 10.2. The van der Waals surface area contributed by atoms with Crippen molar-refractivity contribution in [3.63, 3.8) is 0 Å². The van der Waals surface area contributed by atoms with E-state index in [1.165, 1.54) is 5.56 Å². The van der Waals surface area contributed by atoms with E-state index in [4.69, 9.17) is 4.74 Å². The van der Waals surface area contributed by atoms with Crippen molar-refractivity contribution >= 4 is 5.96 Å². The summed E-state index contributed by atoms with van der Waals surface area (Å²) in [5.41, 5.74) is 1.23. The Hall–Kier alpha value is -2.57. The maximum atomic E-state index is 5.72. The Morgan fingerprint density at radius 1 is 1.20 bits per heavy atom. The van der Waals surface area contributed by atoms with E-state index in [1.54, 1.807) is 6.33 Å². The standard InChI is InChI=1S/C18H28N6O/c1-4-17-23-22-14-24(17)12-10-20-18(19-5-2)21-11-13-25-16-8-6-15(3)7-9-16/h6-9,14H,4-5,10-13H2,1-3H3,(H2,19,20,21). The zero-order valence-corrected chi connectivity index (χ0v) is 15.3. The van der Waals surface area contributed by atoms with Crippen molar-refractivity contribution in [2.24, 2.45) is 4.99 Å². The Morgan fingerprint density at radius 2 is 2.00 bits per heavy atom. The second kappa shape index (κ2) is 10.3. The molecule has 0 aliphatic heterocycles. The predicted molar refractivity (Wildman–Crippen MR) is 100 cm³/mol. The highest BCUT2D eigenvalue weighted by Gasteiger charge is 2.01. The van der Waals surface area contributed by atoms with E-state index in [1.807, 2.05) is 28.8 Å². The fourth-order valence-electron chi connectivity index (χ4n) is 2.32. The van der Waals surface area contributed by atoms with E-state index < -0.39 is 0 Å². The first-order valence-electron chi connectivity index (χ1n) is 8.81. The predicted octanol–water partition coefficient (Wildman–Crippen LogP) is 1.78. The van der Waals surface area contributed by atoms with Crippen molar-refractivity contribution < 1.29 is 4.74 Å². The lowest BCUT2D eigenvalue weighted by Gasteiger charge is -2.12. The molecule has 2 rings (SSSR count). The first-order chi connectivity index (χ1) is 12.2. The van der Waals surface area contributed by atoms with Crippen LogP contribution in [-0.4, -0.2) is 47.0 Å². The van der Waals surface area contributed by atoms with Gasteiger partial charge in [-0.1, -0.05) is 24.6 Å². The largest absolute Gasteiger partial charge is 0.492 e. The van der Waals surface area contributed by atoms with Crippen molar-refractivity contribution in [3.05, 3.63) is 42.0 Å². The van der Waals surface area contributed by atoms with Crippen LogP contribution in [0.2, 0.25) is 0 Å². The second-order valence-corrected chi connectivity index (χ2v) is 5.64. The summed E-state index contributed by atoms with van der Waals surface area (Å²) < 4.78 is 7.75. The fourth-order valence-corrected chi connectivity index (χ4v) is 2.32. The number of hydrogen-bond donors (Lipinski definition) is 2. The Kier molecular flexibility index (Phi) is 7.75. The van der Waals surface area contributed by atoms with E-state index in [2.05, 4.69) is 46.6 Å². The summed E-state index contributed by atoms with van der Waals surface area (Å²) in [6, 6.07) is 8.06. The van der Waals surface area contributed by atoms with Crippen molar-refractivity contribution in [3.8, 4) is 5.75 Å². The van der Waals surface area contributed by atoms with Gasteiger partial charge in [-0.2, -0.15) is 0 Å². The minimum atomic E-state index is 0.582. The van der Waals surface area contributed by atoms with Gasteiger partial charge in [0.05, 0.1) is 13.1 Å². The Labute approximate surface area is 149 Å². The SMILES string of the molecule is CCNC(=NCCn1cnnc1CC)NCCOc1ccc(C)cc1. The highest BCUT2D eigenvalue weighted by molar-refractivity contribution is 5.79. The van der Waals surface area contributed by atoms with Crippen LogP contribution in [0.4, 0.5) is 0 Å². The number of aliphatic imine (C=N–C) groups is 1. The second-order valence-electron chi connectivity index (χ2n) is 5.64. The summed E-state index contributed by atoms with van der Waals surface area (Å²) in [5, 5.41) is 14.5. The third-order valence-electron chi connectivity index (χ3n) is 3.65. The lowest BCUT2D eigenvalue weighted by Crippen LogP contribution is -2.39. The minimum absolute atomic E-state index is 0.582. The van der Waals surface area contributed by atoms with Gasteiger partial charge in [0.1, 0.15) is 24.5 Å². The topological polar surface area (TPSA) is 76.4 Å². The summed E-state index contributed by atoms with van der Waals surface area (Å²) >= 11 is 0. The van der Waals surface area contributed by atoms with Crippen LogP contribution in [-0.2, 0) is 13.0 Å². The molecule has 0 aliphatic rings. The highest BCUT2D eigenvalue weighted by Crippen LogP contribution is 2.10. The van der Waals surface area contributed by atoms with Gasteiger partial charge in [-0.15, -0.1) is 10.2 Å². The van der Waals surface area contributed by atoms with Crippen LogP contribution in [0.1, 0.15) is 25.2 Å². The van der Waals surface area contributed by atoms with Crippen molar-refractivity contribution in [2.75, 3.05) is 26.2 Å². The lowest BCUT2D eigenvalue weighted by molar-refractivity contribution is 0.322. The van der Waals surface area contributed by atoms with E-state index in [0.29, 0.717) is 19.7 Å². The molecule has 2 N–H and O–H groups in total. The van der Waals surface area contributed by atoms with E-state index in [9.17, 15) is 0 Å². The van der Waals surface area contributed by atoms with E-state index >= 15 is 0 Å². The third kappa shape index (κ3) is 6.45. The molecule has 0 radical (unpaired) electrons. The Morgan fingerprint density at radius 3 is 2.72 bits per heavy atom. The average Bonchev–Trinajstić information content (AvgIpc) is 3.07. The fraction of sp³-hybridized carbons (Fsp3) is 0.500. The van der Waals surface area contributed by atoms with Crippen LogP contribution in [0.15, 0.2) is 35.6 Å². The molecule has 0 saturated heterocycles. The molecule has 0 unspecified atom stereocenters. The van der Waals surface area contributed by atoms with Crippen LogP contribution in [0.25, 0.3) is 0 Å². The van der Waals surface area contributed by atoms with Crippen LogP contribution < -0.4 is 15.4 Å². The molecule has 0 aliphatic carbocycles. The summed E-state index contributed by atoms with van der Waals surface area (Å²) in [6.45, 7) is 9.71. The van der Waals surface area contributed by atoms with Crippen molar-refractivity contribution in [1.82, 2.24) is 25.4 Å². The molecule has 7 nitrogen and oxygen atoms in total. The maximum Gasteiger partial charge on any atom is 0.191 e. The Balaban J connectivity index is 1.74. The van der Waals surface area contributed by atoms with Gasteiger partial charge in [0.15, 0.2) is 5.96 Å². The van der Waals surface area contributed by atoms with Gasteiger partial charge in [0.25, 0.3) is 0 Å². The molecule has 0 fully saturated rings. The van der Waals surface area contributed by atoms with Crippen LogP contribution in [0, 0.1) is 6.92 Å². The molecule has 0 spiro atoms. The number of aryl methyl sites for hydroxylation is 2. The molecular weight excluding hydrogens is 316 g/mol. The van der Waals surface area contributed by atoms with Crippen molar-refractivity contribution in [1.29, 1.82) is 0 Å². The molecule has 25 heavy (non-hydrogen) atoms. The molecule has 2 aromatic rings. The van der Waals surface area contributed by atoms with Gasteiger partial charge in [-0.05, 0) is 26.0 Å². The van der Waals surface area contributed by atoms with Gasteiger partial charge in [-0.3, -0.25) is 4.99 Å². The number of hydrogen-bond acceptors (Lipinski definition) is 4. The third-order valence-corrected chi connectivity index (χ3v) is 3.65. The molecule has 1 aromatic carbocycles. The monoisotopic (exact) mass is 344 g/mol. The molecule has 7 heteroatoms. The molecule has 1 aromatic heterocycles. The molecule has 0 saturated carbocycles. The van der Waals surface area contributed by atoms with Gasteiger partial charge in [-0.25, -0.2) is 0 Å². The van der Waals surface area contributed by atoms with Gasteiger partial charge < -0.3 is 19.9 Å². The molecule has 0 bridgehead atoms. The number of nitrogens with zero attached hydrogens (tertiary/aromatic N) is 4. The quantitative estimate of drug-likeness (QED) is 0.412. The Bertz CT molecular complexity index is 650. The number of ether oxygens (including phenoxy) is 1. The summed E-state index contributed by atoms with van der Waals surface area (Å²) in [6.07, 6.45) is 2.63. The van der Waals surface area contributed by atoms with E-state index in [0.717, 1.165) is 37.0 Å². The molecule has 1 heterocycles. The van der Waals surface area contributed by atoms with Crippen LogP contribution in [0.5, 0.6) is 5.75 Å². The zero-order valence-electron chi connectivity index (χ0n) is 15.3. The maximum absolute atomic E-state index is 5.72.